The molecule has 0 fully saturated rings. The minimum atomic E-state index is 0.662. The van der Waals surface area contributed by atoms with Crippen molar-refractivity contribution in [1.29, 1.82) is 0 Å². The van der Waals surface area contributed by atoms with Gasteiger partial charge in [0.05, 0.1) is 18.6 Å². The van der Waals surface area contributed by atoms with E-state index in [0.29, 0.717) is 12.2 Å². The number of aliphatic imine (C=N–C) groups is 1. The standard InChI is InChI=1S/C4H5N2/c1-4-2-5-3-6-4/h1,3H,2H2,(H,5,6). The molecular weight excluding hydrogens is 76.1 g/mol. The number of hydrogen-bond donors (Lipinski definition) is 1. The summed E-state index contributed by atoms with van der Waals surface area (Å²) in [5.74, 6) is 0. The van der Waals surface area contributed by atoms with Crippen LogP contribution in [0.2, 0.25) is 0 Å². The van der Waals surface area contributed by atoms with Crippen LogP contribution in [0.3, 0.4) is 0 Å². The molecule has 0 amide bonds. The first kappa shape index (κ1) is 3.40. The predicted molar refractivity (Wildman–Crippen MR) is 24.3 cm³/mol. The van der Waals surface area contributed by atoms with Gasteiger partial charge in [-0.25, -0.2) is 4.99 Å². The van der Waals surface area contributed by atoms with Crippen molar-refractivity contribution in [3.05, 3.63) is 12.3 Å². The minimum Gasteiger partial charge on any atom is -0.370 e. The zero-order valence-electron chi connectivity index (χ0n) is 3.31. The highest BCUT2D eigenvalue weighted by Gasteiger charge is 1.91. The lowest BCUT2D eigenvalue weighted by Crippen LogP contribution is -2.04. The Morgan fingerprint density at radius 1 is 2.00 bits per heavy atom. The van der Waals surface area contributed by atoms with Gasteiger partial charge in [0.25, 0.3) is 0 Å². The Kier molecular flexibility index (Phi) is 0.638. The van der Waals surface area contributed by atoms with Gasteiger partial charge in [0.15, 0.2) is 0 Å². The summed E-state index contributed by atoms with van der Waals surface area (Å²) in [6, 6.07) is 0. The van der Waals surface area contributed by atoms with Gasteiger partial charge in [-0.2, -0.15) is 0 Å². The third-order valence-corrected chi connectivity index (χ3v) is 0.605. The maximum Gasteiger partial charge on any atom is 0.0886 e. The van der Waals surface area contributed by atoms with Crippen LogP contribution in [0.4, 0.5) is 0 Å². The SMILES string of the molecule is [CH]=C1CNC=N1. The fourth-order valence-corrected chi connectivity index (χ4v) is 0.324. The molecule has 1 N–H and O–H groups in total. The second kappa shape index (κ2) is 1.12. The van der Waals surface area contributed by atoms with Crippen LogP contribution < -0.4 is 5.32 Å². The van der Waals surface area contributed by atoms with E-state index in [1.165, 1.54) is 0 Å². The normalized spacial score (nSPS) is 18.3. The molecule has 0 atom stereocenters. The smallest absolute Gasteiger partial charge is 0.0886 e. The van der Waals surface area contributed by atoms with Gasteiger partial charge >= 0.3 is 0 Å². The number of hydrogen-bond acceptors (Lipinski definition) is 2. The molecule has 0 spiro atoms. The Hall–Kier alpha value is -0.790. The molecule has 1 rings (SSSR count). The molecular formula is C4H5N2. The van der Waals surface area contributed by atoms with Crippen molar-refractivity contribution >= 4 is 6.34 Å². The van der Waals surface area contributed by atoms with E-state index < -0.39 is 0 Å². The third kappa shape index (κ3) is 0.407. The third-order valence-electron chi connectivity index (χ3n) is 0.605. The van der Waals surface area contributed by atoms with Gasteiger partial charge in [-0.05, 0) is 6.58 Å². The molecule has 1 aliphatic rings. The summed E-state index contributed by atoms with van der Waals surface area (Å²) in [6.07, 6.45) is 1.59. The summed E-state index contributed by atoms with van der Waals surface area (Å²) in [5.41, 5.74) is 0.662. The van der Waals surface area contributed by atoms with E-state index in [2.05, 4.69) is 10.3 Å². The molecule has 2 nitrogen and oxygen atoms in total. The summed E-state index contributed by atoms with van der Waals surface area (Å²) in [6.45, 7) is 5.90. The fraction of sp³-hybridized carbons (Fsp3) is 0.250. The van der Waals surface area contributed by atoms with Gasteiger partial charge in [0.1, 0.15) is 0 Å². The fourth-order valence-electron chi connectivity index (χ4n) is 0.324. The lowest BCUT2D eigenvalue weighted by Gasteiger charge is -1.79. The molecule has 1 aliphatic heterocycles. The van der Waals surface area contributed by atoms with E-state index in [4.69, 9.17) is 6.58 Å². The molecule has 1 heterocycles. The molecule has 0 aromatic rings. The molecule has 2 heteroatoms. The number of nitrogens with zero attached hydrogens (tertiary/aromatic N) is 1. The highest BCUT2D eigenvalue weighted by molar-refractivity contribution is 5.59. The Morgan fingerprint density at radius 3 is 3.00 bits per heavy atom. The average Bonchev–Trinajstić information content (AvgIpc) is 1.86. The molecule has 6 heavy (non-hydrogen) atoms. The molecule has 0 bridgehead atoms. The zero-order chi connectivity index (χ0) is 4.41. The molecule has 1 radical (unpaired) electrons. The molecule has 0 aliphatic carbocycles. The highest BCUT2D eigenvalue weighted by Crippen LogP contribution is 1.89. The Labute approximate surface area is 36.6 Å². The van der Waals surface area contributed by atoms with E-state index in [9.17, 15) is 0 Å². The van der Waals surface area contributed by atoms with Crippen molar-refractivity contribution in [2.45, 2.75) is 0 Å². The first-order valence-electron chi connectivity index (χ1n) is 1.77. The van der Waals surface area contributed by atoms with Gasteiger partial charge in [0.2, 0.25) is 0 Å². The van der Waals surface area contributed by atoms with Crippen LogP contribution in [0.15, 0.2) is 10.7 Å². The number of rotatable bonds is 0. The van der Waals surface area contributed by atoms with Crippen LogP contribution in [-0.2, 0) is 0 Å². The molecule has 0 aromatic carbocycles. The van der Waals surface area contributed by atoms with Crippen molar-refractivity contribution in [2.24, 2.45) is 4.99 Å². The van der Waals surface area contributed by atoms with Crippen LogP contribution in [0.1, 0.15) is 0 Å². The molecule has 0 saturated heterocycles. The summed E-state index contributed by atoms with van der Waals surface area (Å²) in [5, 5.41) is 2.82. The Balaban J connectivity index is 2.59. The van der Waals surface area contributed by atoms with Gasteiger partial charge in [-0.15, -0.1) is 0 Å². The van der Waals surface area contributed by atoms with Gasteiger partial charge < -0.3 is 5.32 Å². The van der Waals surface area contributed by atoms with Crippen LogP contribution >= 0.6 is 0 Å². The molecule has 31 valence electrons. The first-order valence-corrected chi connectivity index (χ1v) is 1.77. The van der Waals surface area contributed by atoms with Crippen molar-refractivity contribution in [3.8, 4) is 0 Å². The molecule has 0 saturated carbocycles. The maximum atomic E-state index is 5.19. The van der Waals surface area contributed by atoms with Crippen LogP contribution in [-0.4, -0.2) is 12.9 Å². The van der Waals surface area contributed by atoms with E-state index in [1.807, 2.05) is 0 Å². The molecule has 0 unspecified atom stereocenters. The Bertz CT molecular complexity index is 93.7. The van der Waals surface area contributed by atoms with E-state index in [1.54, 1.807) is 6.34 Å². The van der Waals surface area contributed by atoms with E-state index >= 15 is 0 Å². The lowest BCUT2D eigenvalue weighted by molar-refractivity contribution is 1.06. The average molecular weight is 81.1 g/mol. The highest BCUT2D eigenvalue weighted by atomic mass is 15.0. The quantitative estimate of drug-likeness (QED) is 0.434. The minimum absolute atomic E-state index is 0.662. The Morgan fingerprint density at radius 2 is 2.83 bits per heavy atom. The van der Waals surface area contributed by atoms with E-state index in [-0.39, 0.29) is 0 Å². The summed E-state index contributed by atoms with van der Waals surface area (Å²) >= 11 is 0. The second-order valence-corrected chi connectivity index (χ2v) is 1.13. The van der Waals surface area contributed by atoms with Gasteiger partial charge in [-0.3, -0.25) is 0 Å². The van der Waals surface area contributed by atoms with Gasteiger partial charge in [-0.1, -0.05) is 0 Å². The topological polar surface area (TPSA) is 24.4 Å². The lowest BCUT2D eigenvalue weighted by atomic mass is 10.5. The van der Waals surface area contributed by atoms with Crippen molar-refractivity contribution in [1.82, 2.24) is 5.32 Å². The van der Waals surface area contributed by atoms with Crippen molar-refractivity contribution in [3.63, 3.8) is 0 Å². The monoisotopic (exact) mass is 81.0 g/mol. The van der Waals surface area contributed by atoms with Crippen LogP contribution in [0.5, 0.6) is 0 Å². The second-order valence-electron chi connectivity index (χ2n) is 1.13. The summed E-state index contributed by atoms with van der Waals surface area (Å²) in [7, 11) is 0. The van der Waals surface area contributed by atoms with Crippen LogP contribution in [0, 0.1) is 6.58 Å². The number of nitrogens with one attached hydrogen (secondary N) is 1. The molecule has 0 aromatic heterocycles. The maximum absolute atomic E-state index is 5.19. The zero-order valence-corrected chi connectivity index (χ0v) is 3.31. The predicted octanol–water partition coefficient (Wildman–Crippen LogP) is -0.0652. The van der Waals surface area contributed by atoms with Crippen molar-refractivity contribution in [2.75, 3.05) is 6.54 Å². The van der Waals surface area contributed by atoms with Crippen molar-refractivity contribution < 1.29 is 0 Å². The first-order chi connectivity index (χ1) is 2.89. The van der Waals surface area contributed by atoms with E-state index in [0.717, 1.165) is 0 Å². The van der Waals surface area contributed by atoms with Crippen LogP contribution in [0.25, 0.3) is 0 Å². The summed E-state index contributed by atoms with van der Waals surface area (Å²) < 4.78 is 0. The largest absolute Gasteiger partial charge is 0.370 e. The van der Waals surface area contributed by atoms with Gasteiger partial charge in [0, 0.05) is 0 Å². The summed E-state index contributed by atoms with van der Waals surface area (Å²) in [4.78, 5) is 3.69.